The van der Waals surface area contributed by atoms with Crippen molar-refractivity contribution < 1.29 is 66.5 Å². The number of methoxy groups -OCH3 is 1. The fourth-order valence-corrected chi connectivity index (χ4v) is 2.69. The number of benzene rings is 1. The van der Waals surface area contributed by atoms with Crippen molar-refractivity contribution in [2.45, 2.75) is 68.1 Å². The predicted octanol–water partition coefficient (Wildman–Crippen LogP) is 7.68. The summed E-state index contributed by atoms with van der Waals surface area (Å²) in [6.07, 6.45) is -11.1. The highest BCUT2D eigenvalue weighted by Gasteiger charge is 2.90. The molecule has 0 N–H and O–H groups in total. The zero-order chi connectivity index (χ0) is 26.8. The number of ether oxygens (including phenoxy) is 2. The smallest absolute Gasteiger partial charge is 0.460 e. The van der Waals surface area contributed by atoms with Gasteiger partial charge in [-0.25, -0.2) is 0 Å². The maximum atomic E-state index is 14.3. The van der Waals surface area contributed by atoms with Crippen LogP contribution < -0.4 is 4.74 Å². The Labute approximate surface area is 185 Å². The van der Waals surface area contributed by atoms with Crippen LogP contribution in [0.3, 0.4) is 0 Å². The van der Waals surface area contributed by atoms with Crippen LogP contribution in [0.4, 0.5) is 57.1 Å². The maximum absolute atomic E-state index is 14.3. The molecule has 0 amide bonds. The Balaban J connectivity index is 3.40. The Morgan fingerprint density at radius 3 is 1.71 bits per heavy atom. The lowest BCUT2D eigenvalue weighted by Gasteiger charge is -2.40. The molecule has 0 saturated heterocycles. The molecule has 0 radical (unpaired) electrons. The summed E-state index contributed by atoms with van der Waals surface area (Å²) in [5, 5.41) is 0. The van der Waals surface area contributed by atoms with Gasteiger partial charge in [0.25, 0.3) is 0 Å². The number of hydrogen-bond donors (Lipinski definition) is 0. The summed E-state index contributed by atoms with van der Waals surface area (Å²) in [5.41, 5.74) is -0.410. The second-order valence-corrected chi connectivity index (χ2v) is 7.17. The van der Waals surface area contributed by atoms with Crippen molar-refractivity contribution in [3.05, 3.63) is 29.8 Å². The van der Waals surface area contributed by atoms with Gasteiger partial charge >= 0.3 is 35.8 Å². The highest BCUT2D eigenvalue weighted by molar-refractivity contribution is 5.35. The fourth-order valence-electron chi connectivity index (χ4n) is 2.69. The standard InChI is InChI=1S/C19H19F13O2/c1-3-4-9-34-12-8-6-5-7-11(12)13(33-2)10-14(20,21)15(22,23)16(24,25)17(26,27)18(28,29)19(30,31)32/h5-8,13H,3-4,9-10H2,1-2H3. The summed E-state index contributed by atoms with van der Waals surface area (Å²) in [6.45, 7) is 1.77. The van der Waals surface area contributed by atoms with Crippen LogP contribution in [-0.4, -0.2) is 49.5 Å². The molecule has 0 heterocycles. The first-order chi connectivity index (χ1) is 15.2. The third-order valence-electron chi connectivity index (χ3n) is 4.75. The minimum atomic E-state index is -7.94. The van der Waals surface area contributed by atoms with E-state index in [4.69, 9.17) is 4.74 Å². The van der Waals surface area contributed by atoms with Gasteiger partial charge in [0, 0.05) is 19.1 Å². The molecule has 0 aliphatic rings. The molecule has 0 aliphatic heterocycles. The van der Waals surface area contributed by atoms with Crippen LogP contribution in [0, 0.1) is 0 Å². The molecule has 0 aromatic heterocycles. The highest BCUT2D eigenvalue weighted by atomic mass is 19.4. The molecule has 34 heavy (non-hydrogen) atoms. The summed E-state index contributed by atoms with van der Waals surface area (Å²) in [5.74, 6) is -37.4. The van der Waals surface area contributed by atoms with Crippen LogP contribution in [0.5, 0.6) is 5.75 Å². The Morgan fingerprint density at radius 1 is 0.735 bits per heavy atom. The molecule has 0 aliphatic carbocycles. The van der Waals surface area contributed by atoms with E-state index in [1.807, 2.05) is 0 Å². The van der Waals surface area contributed by atoms with Crippen LogP contribution in [0.15, 0.2) is 24.3 Å². The van der Waals surface area contributed by atoms with Gasteiger partial charge in [0.2, 0.25) is 0 Å². The lowest BCUT2D eigenvalue weighted by molar-refractivity contribution is -0.440. The van der Waals surface area contributed by atoms with Gasteiger partial charge in [-0.3, -0.25) is 0 Å². The van der Waals surface area contributed by atoms with Crippen LogP contribution >= 0.6 is 0 Å². The molecule has 1 atom stereocenters. The fraction of sp³-hybridized carbons (Fsp3) is 0.684. The van der Waals surface area contributed by atoms with Crippen molar-refractivity contribution in [3.8, 4) is 5.75 Å². The lowest BCUT2D eigenvalue weighted by Crippen LogP contribution is -2.70. The molecular weight excluding hydrogens is 507 g/mol. The molecule has 0 saturated carbocycles. The van der Waals surface area contributed by atoms with Crippen LogP contribution in [0.25, 0.3) is 0 Å². The SMILES string of the molecule is CCCCOc1ccccc1C(CC(F)(F)C(F)(F)C(F)(F)C(F)(F)C(F)(F)C(F)(F)F)OC. The number of hydrogen-bond acceptors (Lipinski definition) is 2. The first-order valence-corrected chi connectivity index (χ1v) is 9.43. The molecule has 1 aromatic carbocycles. The summed E-state index contributed by atoms with van der Waals surface area (Å²) >= 11 is 0. The largest absolute Gasteiger partial charge is 0.493 e. The first kappa shape index (κ1) is 30.1. The van der Waals surface area contributed by atoms with E-state index in [2.05, 4.69) is 4.74 Å². The minimum absolute atomic E-state index is 0.00726. The Kier molecular flexibility index (Phi) is 8.83. The molecule has 0 fully saturated rings. The third-order valence-corrected chi connectivity index (χ3v) is 4.75. The van der Waals surface area contributed by atoms with Gasteiger partial charge in [0.15, 0.2) is 0 Å². The molecule has 198 valence electrons. The lowest BCUT2D eigenvalue weighted by atomic mass is 9.90. The highest BCUT2D eigenvalue weighted by Crippen LogP contribution is 2.61. The van der Waals surface area contributed by atoms with E-state index in [9.17, 15) is 57.1 Å². The van der Waals surface area contributed by atoms with E-state index in [0.717, 1.165) is 6.07 Å². The van der Waals surface area contributed by atoms with E-state index in [1.165, 1.54) is 18.2 Å². The average molecular weight is 526 g/mol. The molecule has 15 heteroatoms. The summed E-state index contributed by atoms with van der Waals surface area (Å²) < 4.78 is 183. The Hall–Kier alpha value is -1.93. The van der Waals surface area contributed by atoms with Crippen molar-refractivity contribution in [2.24, 2.45) is 0 Å². The van der Waals surface area contributed by atoms with Gasteiger partial charge in [-0.1, -0.05) is 31.5 Å². The zero-order valence-electron chi connectivity index (χ0n) is 17.4. The molecule has 1 rings (SSSR count). The second-order valence-electron chi connectivity index (χ2n) is 7.17. The van der Waals surface area contributed by atoms with Gasteiger partial charge in [-0.2, -0.15) is 57.1 Å². The van der Waals surface area contributed by atoms with Crippen LogP contribution in [-0.2, 0) is 4.74 Å². The molecule has 0 spiro atoms. The van der Waals surface area contributed by atoms with Gasteiger partial charge in [0.05, 0.1) is 12.7 Å². The van der Waals surface area contributed by atoms with Gasteiger partial charge in [0.1, 0.15) is 5.75 Å². The van der Waals surface area contributed by atoms with Crippen molar-refractivity contribution in [2.75, 3.05) is 13.7 Å². The van der Waals surface area contributed by atoms with Crippen molar-refractivity contribution in [3.63, 3.8) is 0 Å². The Morgan fingerprint density at radius 2 is 1.24 bits per heavy atom. The molecule has 2 nitrogen and oxygen atoms in total. The average Bonchev–Trinajstić information content (AvgIpc) is 2.71. The zero-order valence-corrected chi connectivity index (χ0v) is 17.4. The summed E-state index contributed by atoms with van der Waals surface area (Å²) in [4.78, 5) is 0. The summed E-state index contributed by atoms with van der Waals surface area (Å²) in [6, 6.07) is 4.66. The number of alkyl halides is 13. The molecular formula is C19H19F13O2. The Bertz CT molecular complexity index is 806. The van der Waals surface area contributed by atoms with Crippen molar-refractivity contribution >= 4 is 0 Å². The van der Waals surface area contributed by atoms with E-state index in [1.54, 1.807) is 6.92 Å². The topological polar surface area (TPSA) is 18.5 Å². The quantitative estimate of drug-likeness (QED) is 0.206. The third kappa shape index (κ3) is 5.18. The second kappa shape index (κ2) is 9.97. The number of rotatable bonds is 12. The van der Waals surface area contributed by atoms with E-state index < -0.39 is 53.9 Å². The monoisotopic (exact) mass is 526 g/mol. The van der Waals surface area contributed by atoms with Gasteiger partial charge in [-0.15, -0.1) is 0 Å². The maximum Gasteiger partial charge on any atom is 0.460 e. The van der Waals surface area contributed by atoms with E-state index in [-0.39, 0.29) is 12.4 Å². The molecule has 0 bridgehead atoms. The number of unbranched alkanes of at least 4 members (excludes halogenated alkanes) is 1. The predicted molar refractivity (Wildman–Crippen MR) is 92.0 cm³/mol. The summed E-state index contributed by atoms with van der Waals surface area (Å²) in [7, 11) is 0.659. The minimum Gasteiger partial charge on any atom is -0.493 e. The van der Waals surface area contributed by atoms with Crippen LogP contribution in [0.2, 0.25) is 0 Å². The molecule has 1 aromatic rings. The van der Waals surface area contributed by atoms with Crippen molar-refractivity contribution in [1.82, 2.24) is 0 Å². The van der Waals surface area contributed by atoms with Gasteiger partial charge in [-0.05, 0) is 12.5 Å². The van der Waals surface area contributed by atoms with Crippen LogP contribution in [0.1, 0.15) is 37.9 Å². The normalized spacial score (nSPS) is 15.4. The number of para-hydroxylation sites is 1. The van der Waals surface area contributed by atoms with E-state index in [0.29, 0.717) is 20.0 Å². The number of halogens is 13. The first-order valence-electron chi connectivity index (χ1n) is 9.43. The van der Waals surface area contributed by atoms with E-state index >= 15 is 0 Å². The molecule has 1 unspecified atom stereocenters. The van der Waals surface area contributed by atoms with Gasteiger partial charge < -0.3 is 9.47 Å². The van der Waals surface area contributed by atoms with Crippen molar-refractivity contribution in [1.29, 1.82) is 0 Å².